The van der Waals surface area contributed by atoms with Gasteiger partial charge in [-0.3, -0.25) is 0 Å². The molecule has 3 atom stereocenters. The minimum absolute atomic E-state index is 0.123. The summed E-state index contributed by atoms with van der Waals surface area (Å²) in [5, 5.41) is 0.733. The summed E-state index contributed by atoms with van der Waals surface area (Å²) in [6.45, 7) is 7.24. The average molecular weight is 277 g/mol. The zero-order chi connectivity index (χ0) is 11.3. The molecule has 1 aliphatic carbocycles. The predicted molar refractivity (Wildman–Crippen MR) is 66.2 cm³/mol. The Morgan fingerprint density at radius 2 is 2.20 bits per heavy atom. The number of rotatable bonds is 6. The van der Waals surface area contributed by atoms with E-state index in [9.17, 15) is 0 Å². The fourth-order valence-corrected chi connectivity index (χ4v) is 1.87. The molecule has 0 aromatic heterocycles. The summed E-state index contributed by atoms with van der Waals surface area (Å²) in [5.41, 5.74) is 0. The number of halogens is 1. The van der Waals surface area contributed by atoms with Crippen molar-refractivity contribution in [2.24, 2.45) is 11.8 Å². The largest absolute Gasteiger partial charge is 0.351 e. The van der Waals surface area contributed by atoms with E-state index < -0.39 is 0 Å². The van der Waals surface area contributed by atoms with Gasteiger partial charge in [0.2, 0.25) is 0 Å². The van der Waals surface area contributed by atoms with Crippen molar-refractivity contribution in [1.29, 1.82) is 0 Å². The van der Waals surface area contributed by atoms with Gasteiger partial charge in [-0.05, 0) is 18.3 Å². The van der Waals surface area contributed by atoms with Gasteiger partial charge in [-0.2, -0.15) is 0 Å². The second-order valence-corrected chi connectivity index (χ2v) is 5.20. The highest BCUT2D eigenvalue weighted by atomic mass is 79.9. The molecule has 0 aliphatic heterocycles. The first kappa shape index (κ1) is 13.2. The van der Waals surface area contributed by atoms with Gasteiger partial charge in [0, 0.05) is 0 Å². The molecule has 0 aromatic rings. The molecule has 0 radical (unpaired) electrons. The molecule has 2 nitrogen and oxygen atoms in total. The standard InChI is InChI=1S/C12H21BrO2/c1-9(2)8-14-12(7-13)15-11-6-4-5-10(11)3/h4,6,9-12H,5,7-8H2,1-3H3. The maximum atomic E-state index is 5.87. The van der Waals surface area contributed by atoms with Crippen LogP contribution in [-0.4, -0.2) is 24.3 Å². The average Bonchev–Trinajstić information content (AvgIpc) is 2.58. The Kier molecular flexibility index (Phi) is 5.87. The second kappa shape index (κ2) is 6.66. The van der Waals surface area contributed by atoms with Crippen LogP contribution in [0, 0.1) is 11.8 Å². The van der Waals surface area contributed by atoms with E-state index in [1.807, 2.05) is 0 Å². The van der Waals surface area contributed by atoms with Crippen LogP contribution in [0.4, 0.5) is 0 Å². The van der Waals surface area contributed by atoms with Crippen molar-refractivity contribution < 1.29 is 9.47 Å². The monoisotopic (exact) mass is 276 g/mol. The lowest BCUT2D eigenvalue weighted by Crippen LogP contribution is -2.28. The number of ether oxygens (including phenoxy) is 2. The Morgan fingerprint density at radius 3 is 2.67 bits per heavy atom. The Balaban J connectivity index is 2.29. The first-order valence-electron chi connectivity index (χ1n) is 5.63. The van der Waals surface area contributed by atoms with Crippen LogP contribution in [0.3, 0.4) is 0 Å². The summed E-state index contributed by atoms with van der Waals surface area (Å²) in [5.74, 6) is 1.13. The smallest absolute Gasteiger partial charge is 0.167 e. The van der Waals surface area contributed by atoms with Crippen LogP contribution >= 0.6 is 15.9 Å². The molecule has 3 heteroatoms. The van der Waals surface area contributed by atoms with Crippen LogP contribution in [-0.2, 0) is 9.47 Å². The Morgan fingerprint density at radius 1 is 1.47 bits per heavy atom. The highest BCUT2D eigenvalue weighted by Crippen LogP contribution is 2.22. The summed E-state index contributed by atoms with van der Waals surface area (Å²) in [6.07, 6.45) is 5.54. The summed E-state index contributed by atoms with van der Waals surface area (Å²) < 4.78 is 11.5. The molecular formula is C12H21BrO2. The van der Waals surface area contributed by atoms with Gasteiger partial charge < -0.3 is 9.47 Å². The number of hydrogen-bond acceptors (Lipinski definition) is 2. The second-order valence-electron chi connectivity index (χ2n) is 4.55. The molecule has 0 saturated heterocycles. The number of alkyl halides is 1. The van der Waals surface area contributed by atoms with Crippen LogP contribution in [0.15, 0.2) is 12.2 Å². The quantitative estimate of drug-likeness (QED) is 0.421. The Labute approximate surface area is 101 Å². The van der Waals surface area contributed by atoms with Gasteiger partial charge in [-0.25, -0.2) is 0 Å². The van der Waals surface area contributed by atoms with E-state index in [1.54, 1.807) is 0 Å². The van der Waals surface area contributed by atoms with E-state index in [2.05, 4.69) is 48.9 Å². The maximum absolute atomic E-state index is 5.87. The van der Waals surface area contributed by atoms with Crippen molar-refractivity contribution in [3.05, 3.63) is 12.2 Å². The molecule has 3 unspecified atom stereocenters. The lowest BCUT2D eigenvalue weighted by molar-refractivity contribution is -0.157. The molecular weight excluding hydrogens is 256 g/mol. The summed E-state index contributed by atoms with van der Waals surface area (Å²) >= 11 is 3.42. The highest BCUT2D eigenvalue weighted by molar-refractivity contribution is 9.09. The van der Waals surface area contributed by atoms with Crippen molar-refractivity contribution in [3.63, 3.8) is 0 Å². The molecule has 1 aliphatic rings. The van der Waals surface area contributed by atoms with Gasteiger partial charge in [0.05, 0.1) is 18.0 Å². The van der Waals surface area contributed by atoms with E-state index >= 15 is 0 Å². The fourth-order valence-electron chi connectivity index (χ4n) is 1.53. The highest BCUT2D eigenvalue weighted by Gasteiger charge is 2.22. The summed E-state index contributed by atoms with van der Waals surface area (Å²) in [4.78, 5) is 0. The van der Waals surface area contributed by atoms with Gasteiger partial charge in [0.1, 0.15) is 0 Å². The molecule has 1 rings (SSSR count). The SMILES string of the molecule is CC(C)COC(CBr)OC1C=CCC1C. The van der Waals surface area contributed by atoms with E-state index in [0.29, 0.717) is 11.8 Å². The van der Waals surface area contributed by atoms with Crippen LogP contribution < -0.4 is 0 Å². The van der Waals surface area contributed by atoms with Gasteiger partial charge in [0.15, 0.2) is 6.29 Å². The fraction of sp³-hybridized carbons (Fsp3) is 0.833. The topological polar surface area (TPSA) is 18.5 Å². The molecule has 0 heterocycles. The molecule has 0 spiro atoms. The zero-order valence-corrected chi connectivity index (χ0v) is 11.4. The van der Waals surface area contributed by atoms with Crippen LogP contribution in [0.2, 0.25) is 0 Å². The van der Waals surface area contributed by atoms with E-state index in [1.165, 1.54) is 0 Å². The van der Waals surface area contributed by atoms with Gasteiger partial charge >= 0.3 is 0 Å². The Hall–Kier alpha value is 0.140. The minimum Gasteiger partial charge on any atom is -0.351 e. The molecule has 0 saturated carbocycles. The Bertz CT molecular complexity index is 204. The lowest BCUT2D eigenvalue weighted by Gasteiger charge is -2.23. The van der Waals surface area contributed by atoms with Gasteiger partial charge in [-0.1, -0.05) is 48.9 Å². The van der Waals surface area contributed by atoms with Crippen molar-refractivity contribution in [3.8, 4) is 0 Å². The van der Waals surface area contributed by atoms with Gasteiger partial charge in [-0.15, -0.1) is 0 Å². The zero-order valence-electron chi connectivity index (χ0n) is 9.78. The van der Waals surface area contributed by atoms with Crippen LogP contribution in [0.5, 0.6) is 0 Å². The molecule has 0 bridgehead atoms. The normalized spacial score (nSPS) is 27.5. The molecule has 0 N–H and O–H groups in total. The maximum Gasteiger partial charge on any atom is 0.167 e. The van der Waals surface area contributed by atoms with Crippen LogP contribution in [0.25, 0.3) is 0 Å². The number of hydrogen-bond donors (Lipinski definition) is 0. The van der Waals surface area contributed by atoms with E-state index in [-0.39, 0.29) is 12.4 Å². The van der Waals surface area contributed by atoms with Crippen molar-refractivity contribution in [2.45, 2.75) is 39.6 Å². The third-order valence-corrected chi connectivity index (χ3v) is 2.97. The van der Waals surface area contributed by atoms with E-state index in [4.69, 9.17) is 9.47 Å². The van der Waals surface area contributed by atoms with E-state index in [0.717, 1.165) is 18.4 Å². The molecule has 0 aromatic carbocycles. The first-order chi connectivity index (χ1) is 7.13. The molecule has 0 amide bonds. The van der Waals surface area contributed by atoms with Crippen molar-refractivity contribution in [1.82, 2.24) is 0 Å². The lowest BCUT2D eigenvalue weighted by atomic mass is 10.1. The number of allylic oxidation sites excluding steroid dienone is 1. The first-order valence-corrected chi connectivity index (χ1v) is 6.75. The van der Waals surface area contributed by atoms with Crippen LogP contribution in [0.1, 0.15) is 27.2 Å². The third-order valence-electron chi connectivity index (χ3n) is 2.44. The molecule has 0 fully saturated rings. The third kappa shape index (κ3) is 4.66. The summed E-state index contributed by atoms with van der Waals surface area (Å²) in [7, 11) is 0. The van der Waals surface area contributed by atoms with Crippen molar-refractivity contribution in [2.75, 3.05) is 11.9 Å². The van der Waals surface area contributed by atoms with Gasteiger partial charge in [0.25, 0.3) is 0 Å². The minimum atomic E-state index is -0.123. The van der Waals surface area contributed by atoms with Crippen molar-refractivity contribution >= 4 is 15.9 Å². The molecule has 15 heavy (non-hydrogen) atoms. The predicted octanol–water partition coefficient (Wildman–Crippen LogP) is 3.36. The molecule has 88 valence electrons. The summed E-state index contributed by atoms with van der Waals surface area (Å²) in [6, 6.07) is 0.